The number of hydrogen-bond acceptors (Lipinski definition) is 2. The maximum absolute atomic E-state index is 13.3. The minimum Gasteiger partial charge on any atom is -0.306 e. The molecule has 1 heterocycles. The molecule has 0 bridgehead atoms. The van der Waals surface area contributed by atoms with Gasteiger partial charge in [0.25, 0.3) is 0 Å². The second-order valence-electron chi connectivity index (χ2n) is 4.07. The van der Waals surface area contributed by atoms with E-state index < -0.39 is 0 Å². The summed E-state index contributed by atoms with van der Waals surface area (Å²) < 4.78 is 14.1. The molecular formula is C14H13BrClFN2. The zero-order valence-corrected chi connectivity index (χ0v) is 12.7. The van der Waals surface area contributed by atoms with Crippen molar-refractivity contribution in [1.82, 2.24) is 10.3 Å². The summed E-state index contributed by atoms with van der Waals surface area (Å²) in [4.78, 5) is 3.90. The van der Waals surface area contributed by atoms with E-state index in [2.05, 4.69) is 26.2 Å². The standard InChI is InChI=1S/C14H13BrClFN2/c1-2-19-14(9-6-10(17)8-18-7-9)11-4-3-5-12(15)13(11)16/h3-8,14,19H,2H2,1H3. The van der Waals surface area contributed by atoms with Crippen molar-refractivity contribution in [1.29, 1.82) is 0 Å². The van der Waals surface area contributed by atoms with E-state index in [1.54, 1.807) is 6.20 Å². The Morgan fingerprint density at radius 3 is 2.89 bits per heavy atom. The van der Waals surface area contributed by atoms with E-state index in [4.69, 9.17) is 11.6 Å². The zero-order chi connectivity index (χ0) is 13.8. The molecule has 1 atom stereocenters. The van der Waals surface area contributed by atoms with Gasteiger partial charge in [-0.05, 0) is 45.7 Å². The maximum Gasteiger partial charge on any atom is 0.141 e. The Bertz CT molecular complexity index is 577. The van der Waals surface area contributed by atoms with E-state index in [0.29, 0.717) is 5.02 Å². The third kappa shape index (κ3) is 3.32. The van der Waals surface area contributed by atoms with E-state index in [9.17, 15) is 4.39 Å². The van der Waals surface area contributed by atoms with E-state index in [0.717, 1.165) is 22.1 Å². The summed E-state index contributed by atoms with van der Waals surface area (Å²) in [7, 11) is 0. The number of aromatic nitrogens is 1. The molecule has 19 heavy (non-hydrogen) atoms. The van der Waals surface area contributed by atoms with Crippen LogP contribution in [0, 0.1) is 5.82 Å². The lowest BCUT2D eigenvalue weighted by molar-refractivity contribution is 0.596. The molecule has 0 radical (unpaired) electrons. The molecule has 0 amide bonds. The van der Waals surface area contributed by atoms with Gasteiger partial charge < -0.3 is 5.32 Å². The average Bonchev–Trinajstić information content (AvgIpc) is 2.40. The topological polar surface area (TPSA) is 24.9 Å². The van der Waals surface area contributed by atoms with Crippen molar-refractivity contribution in [3.63, 3.8) is 0 Å². The van der Waals surface area contributed by atoms with Gasteiger partial charge in [-0.25, -0.2) is 4.39 Å². The third-order valence-electron chi connectivity index (χ3n) is 2.76. The van der Waals surface area contributed by atoms with Gasteiger partial charge in [-0.3, -0.25) is 4.98 Å². The van der Waals surface area contributed by atoms with Crippen LogP contribution >= 0.6 is 27.5 Å². The molecule has 0 spiro atoms. The molecule has 5 heteroatoms. The Morgan fingerprint density at radius 2 is 2.21 bits per heavy atom. The van der Waals surface area contributed by atoms with Gasteiger partial charge in [-0.1, -0.05) is 30.7 Å². The lowest BCUT2D eigenvalue weighted by atomic mass is 10.00. The highest BCUT2D eigenvalue weighted by molar-refractivity contribution is 9.10. The van der Waals surface area contributed by atoms with E-state index in [-0.39, 0.29) is 11.9 Å². The third-order valence-corrected chi connectivity index (χ3v) is 4.07. The summed E-state index contributed by atoms with van der Waals surface area (Å²) >= 11 is 9.72. The van der Waals surface area contributed by atoms with E-state index in [1.807, 2.05) is 25.1 Å². The number of benzene rings is 1. The van der Waals surface area contributed by atoms with Crippen molar-refractivity contribution in [2.24, 2.45) is 0 Å². The fourth-order valence-electron chi connectivity index (χ4n) is 1.94. The smallest absolute Gasteiger partial charge is 0.141 e. The van der Waals surface area contributed by atoms with Gasteiger partial charge in [0, 0.05) is 10.7 Å². The van der Waals surface area contributed by atoms with Gasteiger partial charge >= 0.3 is 0 Å². The van der Waals surface area contributed by atoms with Crippen LogP contribution in [0.4, 0.5) is 4.39 Å². The molecular weight excluding hydrogens is 331 g/mol. The fraction of sp³-hybridized carbons (Fsp3) is 0.214. The summed E-state index contributed by atoms with van der Waals surface area (Å²) in [6, 6.07) is 6.99. The SMILES string of the molecule is CCNC(c1cncc(F)c1)c1cccc(Br)c1Cl. The molecule has 100 valence electrons. The molecule has 0 aliphatic carbocycles. The van der Waals surface area contributed by atoms with E-state index in [1.165, 1.54) is 12.3 Å². The molecule has 2 aromatic rings. The van der Waals surface area contributed by atoms with Gasteiger partial charge in [0.1, 0.15) is 5.82 Å². The summed E-state index contributed by atoms with van der Waals surface area (Å²) in [6.45, 7) is 2.73. The van der Waals surface area contributed by atoms with Crippen LogP contribution in [-0.2, 0) is 0 Å². The summed E-state index contributed by atoms with van der Waals surface area (Å²) in [5.74, 6) is -0.355. The molecule has 2 nitrogen and oxygen atoms in total. The quantitative estimate of drug-likeness (QED) is 0.893. The van der Waals surface area contributed by atoms with Crippen LogP contribution in [-0.4, -0.2) is 11.5 Å². The van der Waals surface area contributed by atoms with Gasteiger partial charge in [-0.15, -0.1) is 0 Å². The van der Waals surface area contributed by atoms with Crippen LogP contribution in [0.3, 0.4) is 0 Å². The van der Waals surface area contributed by atoms with Crippen molar-refractivity contribution < 1.29 is 4.39 Å². The minimum absolute atomic E-state index is 0.182. The lowest BCUT2D eigenvalue weighted by Crippen LogP contribution is -2.22. The normalized spacial score (nSPS) is 12.4. The van der Waals surface area contributed by atoms with Crippen molar-refractivity contribution in [2.75, 3.05) is 6.54 Å². The lowest BCUT2D eigenvalue weighted by Gasteiger charge is -2.20. The molecule has 1 aromatic carbocycles. The molecule has 1 unspecified atom stereocenters. The van der Waals surface area contributed by atoms with Crippen LogP contribution in [0.2, 0.25) is 5.02 Å². The molecule has 1 N–H and O–H groups in total. The number of hydrogen-bond donors (Lipinski definition) is 1. The number of nitrogens with zero attached hydrogens (tertiary/aromatic N) is 1. The van der Waals surface area contributed by atoms with Gasteiger partial charge in [-0.2, -0.15) is 0 Å². The van der Waals surface area contributed by atoms with Crippen LogP contribution in [0.1, 0.15) is 24.1 Å². The Hall–Kier alpha value is -0.970. The van der Waals surface area contributed by atoms with Crippen LogP contribution in [0.25, 0.3) is 0 Å². The molecule has 0 aliphatic heterocycles. The highest BCUT2D eigenvalue weighted by Gasteiger charge is 2.18. The van der Waals surface area contributed by atoms with Crippen LogP contribution in [0.5, 0.6) is 0 Å². The van der Waals surface area contributed by atoms with Crippen molar-refractivity contribution in [2.45, 2.75) is 13.0 Å². The Balaban J connectivity index is 2.48. The number of pyridine rings is 1. The predicted octanol–water partition coefficient (Wildman–Crippen LogP) is 4.34. The first-order valence-electron chi connectivity index (χ1n) is 5.91. The molecule has 0 fully saturated rings. The van der Waals surface area contributed by atoms with Crippen molar-refractivity contribution in [3.05, 3.63) is 63.1 Å². The average molecular weight is 344 g/mol. The molecule has 2 rings (SSSR count). The van der Waals surface area contributed by atoms with Crippen molar-refractivity contribution >= 4 is 27.5 Å². The highest BCUT2D eigenvalue weighted by atomic mass is 79.9. The zero-order valence-electron chi connectivity index (χ0n) is 10.3. The molecule has 0 saturated heterocycles. The minimum atomic E-state index is -0.355. The second-order valence-corrected chi connectivity index (χ2v) is 5.30. The molecule has 0 saturated carbocycles. The number of halogens is 3. The van der Waals surface area contributed by atoms with E-state index >= 15 is 0 Å². The predicted molar refractivity (Wildman–Crippen MR) is 78.9 cm³/mol. The highest BCUT2D eigenvalue weighted by Crippen LogP contribution is 2.33. The summed E-state index contributed by atoms with van der Waals surface area (Å²) in [5, 5.41) is 3.92. The van der Waals surface area contributed by atoms with Crippen molar-refractivity contribution in [3.8, 4) is 0 Å². The van der Waals surface area contributed by atoms with Crippen LogP contribution < -0.4 is 5.32 Å². The maximum atomic E-state index is 13.3. The second kappa shape index (κ2) is 6.46. The van der Waals surface area contributed by atoms with Gasteiger partial charge in [0.15, 0.2) is 0 Å². The largest absolute Gasteiger partial charge is 0.306 e. The summed E-state index contributed by atoms with van der Waals surface area (Å²) in [6.07, 6.45) is 2.84. The van der Waals surface area contributed by atoms with Gasteiger partial charge in [0.05, 0.1) is 17.3 Å². The Labute approximate surface area is 125 Å². The number of rotatable bonds is 4. The Kier molecular flexibility index (Phi) is 4.91. The van der Waals surface area contributed by atoms with Crippen LogP contribution in [0.15, 0.2) is 41.1 Å². The molecule has 0 aliphatic rings. The monoisotopic (exact) mass is 342 g/mol. The summed E-state index contributed by atoms with van der Waals surface area (Å²) in [5.41, 5.74) is 1.65. The number of nitrogens with one attached hydrogen (secondary N) is 1. The first kappa shape index (κ1) is 14.4. The fourth-order valence-corrected chi connectivity index (χ4v) is 2.56. The first-order valence-corrected chi connectivity index (χ1v) is 7.08. The Morgan fingerprint density at radius 1 is 1.42 bits per heavy atom. The van der Waals surface area contributed by atoms with Gasteiger partial charge in [0.2, 0.25) is 0 Å². The molecule has 1 aromatic heterocycles. The first-order chi connectivity index (χ1) is 9.13.